The fourth-order valence-corrected chi connectivity index (χ4v) is 3.96. The van der Waals surface area contributed by atoms with E-state index in [4.69, 9.17) is 30.2 Å². The summed E-state index contributed by atoms with van der Waals surface area (Å²) in [4.78, 5) is 29.8. The van der Waals surface area contributed by atoms with E-state index in [0.717, 1.165) is 5.56 Å². The number of urea groups is 1. The first-order chi connectivity index (χ1) is 18.4. The van der Waals surface area contributed by atoms with Crippen molar-refractivity contribution < 1.29 is 28.2 Å². The SMILES string of the molecule is COCCCN(CC(=O)N(CCc1ccc(OC)c(OC)c1)Cc1ccco1)C(=O)Nc1ccc(Cl)cc1. The number of furan rings is 1. The summed E-state index contributed by atoms with van der Waals surface area (Å²) in [5.41, 5.74) is 1.57. The number of amides is 3. The molecule has 1 aromatic heterocycles. The monoisotopic (exact) mass is 543 g/mol. The number of carbonyl (C=O) groups excluding carboxylic acids is 2. The van der Waals surface area contributed by atoms with Gasteiger partial charge in [0.1, 0.15) is 12.3 Å². The van der Waals surface area contributed by atoms with Crippen molar-refractivity contribution in [2.75, 3.05) is 52.9 Å². The van der Waals surface area contributed by atoms with Crippen LogP contribution in [0.1, 0.15) is 17.7 Å². The van der Waals surface area contributed by atoms with Gasteiger partial charge < -0.3 is 33.7 Å². The number of halogens is 1. The standard InChI is InChI=1S/C28H34ClN3O6/c1-35-16-5-14-32(28(34)30-23-10-8-22(29)9-11-23)20-27(33)31(19-24-6-4-17-38-24)15-13-21-7-12-25(36-2)26(18-21)37-3/h4,6-12,17-18H,5,13-16,19-20H2,1-3H3,(H,30,34). The van der Waals surface area contributed by atoms with Crippen molar-refractivity contribution >= 4 is 29.2 Å². The van der Waals surface area contributed by atoms with Crippen LogP contribution < -0.4 is 14.8 Å². The number of anilines is 1. The molecule has 0 fully saturated rings. The molecule has 3 amide bonds. The van der Waals surface area contributed by atoms with Crippen LogP contribution in [0.25, 0.3) is 0 Å². The highest BCUT2D eigenvalue weighted by Gasteiger charge is 2.22. The fraction of sp³-hybridized carbons (Fsp3) is 0.357. The summed E-state index contributed by atoms with van der Waals surface area (Å²) in [6.07, 6.45) is 2.73. The molecule has 204 valence electrons. The molecule has 0 aliphatic carbocycles. The summed E-state index contributed by atoms with van der Waals surface area (Å²) in [7, 11) is 4.77. The number of carbonyl (C=O) groups is 2. The van der Waals surface area contributed by atoms with Crippen molar-refractivity contribution in [3.8, 4) is 11.5 Å². The minimum atomic E-state index is -0.380. The average molecular weight is 544 g/mol. The van der Waals surface area contributed by atoms with E-state index in [-0.39, 0.29) is 25.0 Å². The van der Waals surface area contributed by atoms with Crippen molar-refractivity contribution in [2.45, 2.75) is 19.4 Å². The van der Waals surface area contributed by atoms with Gasteiger partial charge in [0.15, 0.2) is 11.5 Å². The van der Waals surface area contributed by atoms with Gasteiger partial charge in [0.05, 0.1) is 27.0 Å². The molecule has 0 aliphatic heterocycles. The summed E-state index contributed by atoms with van der Waals surface area (Å²) < 4.78 is 21.4. The van der Waals surface area contributed by atoms with Crippen molar-refractivity contribution in [1.82, 2.24) is 9.80 Å². The first kappa shape index (κ1) is 28.9. The molecule has 0 atom stereocenters. The van der Waals surface area contributed by atoms with E-state index in [1.807, 2.05) is 24.3 Å². The van der Waals surface area contributed by atoms with E-state index in [9.17, 15) is 9.59 Å². The third-order valence-electron chi connectivity index (χ3n) is 5.88. The van der Waals surface area contributed by atoms with Crippen LogP contribution >= 0.6 is 11.6 Å². The smallest absolute Gasteiger partial charge is 0.322 e. The molecule has 0 unspecified atom stereocenters. The van der Waals surface area contributed by atoms with Crippen molar-refractivity contribution in [1.29, 1.82) is 0 Å². The second-order valence-electron chi connectivity index (χ2n) is 8.54. The van der Waals surface area contributed by atoms with Gasteiger partial charge in [0, 0.05) is 37.5 Å². The molecule has 3 aromatic rings. The van der Waals surface area contributed by atoms with Gasteiger partial charge in [-0.1, -0.05) is 17.7 Å². The van der Waals surface area contributed by atoms with E-state index in [1.54, 1.807) is 62.8 Å². The molecule has 1 heterocycles. The molecular weight excluding hydrogens is 510 g/mol. The summed E-state index contributed by atoms with van der Waals surface area (Å²) in [6.45, 7) is 1.41. The third-order valence-corrected chi connectivity index (χ3v) is 6.14. The van der Waals surface area contributed by atoms with Gasteiger partial charge in [-0.2, -0.15) is 0 Å². The number of methoxy groups -OCH3 is 3. The van der Waals surface area contributed by atoms with E-state index in [0.29, 0.717) is 60.5 Å². The second-order valence-corrected chi connectivity index (χ2v) is 8.98. The molecule has 1 N–H and O–H groups in total. The zero-order valence-corrected chi connectivity index (χ0v) is 22.7. The molecule has 0 spiro atoms. The Labute approximate surface area is 228 Å². The quantitative estimate of drug-likeness (QED) is 0.285. The predicted molar refractivity (Wildman–Crippen MR) is 146 cm³/mol. The third kappa shape index (κ3) is 8.71. The number of hydrogen-bond acceptors (Lipinski definition) is 6. The first-order valence-corrected chi connectivity index (χ1v) is 12.6. The summed E-state index contributed by atoms with van der Waals surface area (Å²) in [5.74, 6) is 1.71. The lowest BCUT2D eigenvalue weighted by atomic mass is 10.1. The lowest BCUT2D eigenvalue weighted by molar-refractivity contribution is -0.132. The highest BCUT2D eigenvalue weighted by Crippen LogP contribution is 2.28. The largest absolute Gasteiger partial charge is 0.493 e. The van der Waals surface area contributed by atoms with Crippen LogP contribution in [0.15, 0.2) is 65.3 Å². The highest BCUT2D eigenvalue weighted by atomic mass is 35.5. The average Bonchev–Trinajstić information content (AvgIpc) is 3.44. The molecule has 10 heteroatoms. The van der Waals surface area contributed by atoms with E-state index in [2.05, 4.69) is 5.32 Å². The zero-order valence-electron chi connectivity index (χ0n) is 21.9. The molecule has 0 saturated carbocycles. The Balaban J connectivity index is 1.73. The second kappa shape index (κ2) is 14.9. The maximum absolute atomic E-state index is 13.5. The number of benzene rings is 2. The molecular formula is C28H34ClN3O6. The molecule has 0 bridgehead atoms. The van der Waals surface area contributed by atoms with Gasteiger partial charge in [0.25, 0.3) is 0 Å². The number of rotatable bonds is 14. The lowest BCUT2D eigenvalue weighted by Gasteiger charge is -2.27. The Morgan fingerprint density at radius 1 is 0.947 bits per heavy atom. The fourth-order valence-electron chi connectivity index (χ4n) is 3.83. The number of nitrogens with one attached hydrogen (secondary N) is 1. The molecule has 38 heavy (non-hydrogen) atoms. The summed E-state index contributed by atoms with van der Waals surface area (Å²) >= 11 is 5.96. The van der Waals surface area contributed by atoms with Crippen LogP contribution in [-0.4, -0.2) is 69.3 Å². The normalized spacial score (nSPS) is 10.6. The van der Waals surface area contributed by atoms with Gasteiger partial charge in [-0.05, 0) is 66.9 Å². The minimum absolute atomic E-state index is 0.101. The van der Waals surface area contributed by atoms with Crippen molar-refractivity contribution in [3.05, 3.63) is 77.2 Å². The number of hydrogen-bond donors (Lipinski definition) is 1. The molecule has 3 rings (SSSR count). The number of ether oxygens (including phenoxy) is 3. The molecule has 2 aromatic carbocycles. The van der Waals surface area contributed by atoms with Crippen LogP contribution in [0.2, 0.25) is 5.02 Å². The van der Waals surface area contributed by atoms with E-state index < -0.39 is 0 Å². The Kier molecular flexibility index (Phi) is 11.3. The summed E-state index contributed by atoms with van der Waals surface area (Å²) in [5, 5.41) is 3.41. The van der Waals surface area contributed by atoms with E-state index >= 15 is 0 Å². The minimum Gasteiger partial charge on any atom is -0.493 e. The van der Waals surface area contributed by atoms with Crippen LogP contribution in [0.3, 0.4) is 0 Å². The Hall–Kier alpha value is -3.69. The zero-order chi connectivity index (χ0) is 27.3. The Morgan fingerprint density at radius 3 is 2.37 bits per heavy atom. The molecule has 0 radical (unpaired) electrons. The van der Waals surface area contributed by atoms with Crippen LogP contribution in [-0.2, 0) is 22.5 Å². The Bertz CT molecular complexity index is 1150. The van der Waals surface area contributed by atoms with Crippen molar-refractivity contribution in [2.24, 2.45) is 0 Å². The van der Waals surface area contributed by atoms with Gasteiger partial charge in [0.2, 0.25) is 5.91 Å². The molecule has 9 nitrogen and oxygen atoms in total. The van der Waals surface area contributed by atoms with Crippen LogP contribution in [0, 0.1) is 0 Å². The lowest BCUT2D eigenvalue weighted by Crippen LogP contribution is -2.45. The predicted octanol–water partition coefficient (Wildman–Crippen LogP) is 5.09. The first-order valence-electron chi connectivity index (χ1n) is 12.2. The topological polar surface area (TPSA) is 93.5 Å². The maximum atomic E-state index is 13.5. The van der Waals surface area contributed by atoms with Gasteiger partial charge in [-0.3, -0.25) is 4.79 Å². The number of nitrogens with zero attached hydrogens (tertiary/aromatic N) is 2. The van der Waals surface area contributed by atoms with Crippen LogP contribution in [0.5, 0.6) is 11.5 Å². The highest BCUT2D eigenvalue weighted by molar-refractivity contribution is 6.30. The molecule has 0 aliphatic rings. The van der Waals surface area contributed by atoms with Gasteiger partial charge >= 0.3 is 6.03 Å². The summed E-state index contributed by atoms with van der Waals surface area (Å²) in [6, 6.07) is 15.7. The Morgan fingerprint density at radius 2 is 1.71 bits per heavy atom. The van der Waals surface area contributed by atoms with Crippen LogP contribution in [0.4, 0.5) is 10.5 Å². The van der Waals surface area contributed by atoms with Gasteiger partial charge in [-0.25, -0.2) is 4.79 Å². The molecule has 0 saturated heterocycles. The van der Waals surface area contributed by atoms with Gasteiger partial charge in [-0.15, -0.1) is 0 Å². The maximum Gasteiger partial charge on any atom is 0.322 e. The van der Waals surface area contributed by atoms with E-state index in [1.165, 1.54) is 4.90 Å². The van der Waals surface area contributed by atoms with Crippen molar-refractivity contribution in [3.63, 3.8) is 0 Å².